The predicted molar refractivity (Wildman–Crippen MR) is 180 cm³/mol. The van der Waals surface area contributed by atoms with Gasteiger partial charge in [0.05, 0.1) is 40.2 Å². The standard InChI is InChI=1S/C34H44FN3O8S2/c1-24-21-38(25(2)23-39)34(40)31-20-28(36-47(41,42)29-16-13-27(35)14-17-29)15-18-32(31)46-26(3)10-8-9-19-45-33(24)22-37(4)48(43,44)30-11-6-5-7-12-30/h5-7,11-18,20,24-26,33,36,39H,8-10,19,21-23H2,1-4H3/t24-,25+,26-,33-/m1/s1. The number of halogens is 1. The largest absolute Gasteiger partial charge is 0.490 e. The molecule has 4 atom stereocenters. The number of hydrogen-bond acceptors (Lipinski definition) is 8. The summed E-state index contributed by atoms with van der Waals surface area (Å²) in [5.41, 5.74) is 0.161. The number of sulfonamides is 2. The van der Waals surface area contributed by atoms with Gasteiger partial charge in [0.2, 0.25) is 10.0 Å². The number of fused-ring (bicyclic) bond motifs is 1. The first-order chi connectivity index (χ1) is 22.7. The van der Waals surface area contributed by atoms with E-state index in [2.05, 4.69) is 4.72 Å². The van der Waals surface area contributed by atoms with Crippen molar-refractivity contribution in [2.75, 3.05) is 38.1 Å². The quantitative estimate of drug-likeness (QED) is 0.325. The molecule has 0 aliphatic carbocycles. The Labute approximate surface area is 282 Å². The summed E-state index contributed by atoms with van der Waals surface area (Å²) in [6.45, 7) is 5.53. The van der Waals surface area contributed by atoms with Crippen molar-refractivity contribution in [1.82, 2.24) is 9.21 Å². The van der Waals surface area contributed by atoms with Crippen molar-refractivity contribution in [2.24, 2.45) is 5.92 Å². The van der Waals surface area contributed by atoms with Crippen molar-refractivity contribution in [3.63, 3.8) is 0 Å². The van der Waals surface area contributed by atoms with Crippen LogP contribution in [0.2, 0.25) is 0 Å². The van der Waals surface area contributed by atoms with E-state index in [4.69, 9.17) is 9.47 Å². The molecule has 0 radical (unpaired) electrons. The van der Waals surface area contributed by atoms with Gasteiger partial charge in [0.15, 0.2) is 0 Å². The smallest absolute Gasteiger partial charge is 0.261 e. The zero-order valence-electron chi connectivity index (χ0n) is 27.6. The van der Waals surface area contributed by atoms with Crippen LogP contribution < -0.4 is 9.46 Å². The van der Waals surface area contributed by atoms with E-state index in [1.54, 1.807) is 25.1 Å². The number of carbonyl (C=O) groups excluding carboxylic acids is 1. The van der Waals surface area contributed by atoms with Gasteiger partial charge in [-0.25, -0.2) is 21.2 Å². The molecule has 3 aromatic carbocycles. The van der Waals surface area contributed by atoms with Crippen molar-refractivity contribution in [2.45, 2.75) is 68.1 Å². The van der Waals surface area contributed by atoms with Gasteiger partial charge >= 0.3 is 0 Å². The number of aliphatic hydroxyl groups excluding tert-OH is 1. The van der Waals surface area contributed by atoms with Gasteiger partial charge in [0, 0.05) is 38.3 Å². The zero-order chi connectivity index (χ0) is 35.1. The third-order valence-electron chi connectivity index (χ3n) is 8.32. The fourth-order valence-corrected chi connectivity index (χ4v) is 7.65. The maximum atomic E-state index is 14.3. The van der Waals surface area contributed by atoms with Crippen LogP contribution in [0.4, 0.5) is 10.1 Å². The zero-order valence-corrected chi connectivity index (χ0v) is 29.2. The van der Waals surface area contributed by atoms with Gasteiger partial charge in [0.1, 0.15) is 11.6 Å². The third kappa shape index (κ3) is 9.32. The summed E-state index contributed by atoms with van der Waals surface area (Å²) < 4.78 is 82.5. The first kappa shape index (κ1) is 37.3. The second-order valence-electron chi connectivity index (χ2n) is 12.2. The molecule has 2 N–H and O–H groups in total. The molecule has 11 nitrogen and oxygen atoms in total. The van der Waals surface area contributed by atoms with Crippen LogP contribution in [0.25, 0.3) is 0 Å². The minimum atomic E-state index is -4.12. The van der Waals surface area contributed by atoms with Crippen LogP contribution in [0, 0.1) is 11.7 Å². The highest BCUT2D eigenvalue weighted by Crippen LogP contribution is 2.30. The van der Waals surface area contributed by atoms with Crippen molar-refractivity contribution >= 4 is 31.6 Å². The van der Waals surface area contributed by atoms with E-state index in [-0.39, 0.29) is 58.5 Å². The number of anilines is 1. The fourth-order valence-electron chi connectivity index (χ4n) is 5.40. The van der Waals surface area contributed by atoms with Crippen LogP contribution in [0.15, 0.2) is 82.6 Å². The lowest BCUT2D eigenvalue weighted by atomic mass is 10.0. The predicted octanol–water partition coefficient (Wildman–Crippen LogP) is 4.74. The van der Waals surface area contributed by atoms with Crippen molar-refractivity contribution in [3.05, 3.63) is 84.2 Å². The molecule has 0 unspecified atom stereocenters. The van der Waals surface area contributed by atoms with E-state index >= 15 is 0 Å². The van der Waals surface area contributed by atoms with Crippen LogP contribution in [0.3, 0.4) is 0 Å². The Morgan fingerprint density at radius 1 is 1.00 bits per heavy atom. The average molecular weight is 706 g/mol. The summed E-state index contributed by atoms with van der Waals surface area (Å²) in [5.74, 6) is -1.24. The Kier molecular flexibility index (Phi) is 12.6. The normalized spacial score (nSPS) is 20.8. The SMILES string of the molecule is C[C@@H]1CCCCO[C@H](CN(C)S(=O)(=O)c2ccccc2)[C@H](C)CN([C@@H](C)CO)C(=O)c2cc(NS(=O)(=O)c3ccc(F)cc3)ccc2O1. The van der Waals surface area contributed by atoms with Gasteiger partial charge in [-0.05, 0) is 87.7 Å². The van der Waals surface area contributed by atoms with Crippen molar-refractivity contribution in [3.8, 4) is 5.75 Å². The molecule has 0 fully saturated rings. The minimum Gasteiger partial charge on any atom is -0.490 e. The maximum absolute atomic E-state index is 14.3. The van der Waals surface area contributed by atoms with E-state index in [0.29, 0.717) is 19.4 Å². The Hall–Kier alpha value is -3.56. The summed E-state index contributed by atoms with van der Waals surface area (Å²) in [7, 11) is -6.44. The number of nitrogens with one attached hydrogen (secondary N) is 1. The molecule has 0 saturated heterocycles. The molecule has 14 heteroatoms. The summed E-state index contributed by atoms with van der Waals surface area (Å²) in [5, 5.41) is 10.2. The topological polar surface area (TPSA) is 143 Å². The van der Waals surface area contributed by atoms with Gasteiger partial charge in [-0.2, -0.15) is 4.31 Å². The van der Waals surface area contributed by atoms with Gasteiger partial charge in [0.25, 0.3) is 15.9 Å². The lowest BCUT2D eigenvalue weighted by Crippen LogP contribution is -2.48. The van der Waals surface area contributed by atoms with E-state index in [1.807, 2.05) is 13.8 Å². The molecule has 1 aliphatic heterocycles. The second kappa shape index (κ2) is 16.2. The van der Waals surface area contributed by atoms with Crippen LogP contribution in [-0.4, -0.2) is 88.7 Å². The molecule has 0 saturated carbocycles. The number of rotatable bonds is 9. The summed E-state index contributed by atoms with van der Waals surface area (Å²) in [6, 6.07) is 16.2. The Balaban J connectivity index is 1.68. The number of ether oxygens (including phenoxy) is 2. The van der Waals surface area contributed by atoms with Crippen molar-refractivity contribution in [1.29, 1.82) is 0 Å². The average Bonchev–Trinajstić information content (AvgIpc) is 3.06. The number of amides is 1. The highest BCUT2D eigenvalue weighted by molar-refractivity contribution is 7.92. The highest BCUT2D eigenvalue weighted by atomic mass is 32.2. The van der Waals surface area contributed by atoms with Gasteiger partial charge < -0.3 is 19.5 Å². The molecule has 3 aromatic rings. The van der Waals surface area contributed by atoms with E-state index in [9.17, 15) is 31.1 Å². The van der Waals surface area contributed by atoms with Crippen LogP contribution >= 0.6 is 0 Å². The lowest BCUT2D eigenvalue weighted by molar-refractivity contribution is -0.00833. The number of aliphatic hydroxyl groups is 1. The number of likely N-dealkylation sites (N-methyl/N-ethyl adjacent to an activating group) is 1. The molecular weight excluding hydrogens is 662 g/mol. The molecule has 0 bridgehead atoms. The number of benzene rings is 3. The van der Waals surface area contributed by atoms with E-state index < -0.39 is 43.9 Å². The molecule has 0 spiro atoms. The summed E-state index contributed by atoms with van der Waals surface area (Å²) in [6.07, 6.45) is 1.17. The van der Waals surface area contributed by atoms with Gasteiger partial charge in [-0.15, -0.1) is 0 Å². The van der Waals surface area contributed by atoms with Gasteiger partial charge in [-0.1, -0.05) is 25.1 Å². The first-order valence-electron chi connectivity index (χ1n) is 15.9. The van der Waals surface area contributed by atoms with E-state index in [0.717, 1.165) is 30.7 Å². The minimum absolute atomic E-state index is 0.0271. The number of carbonyl (C=O) groups is 1. The molecule has 1 amide bonds. The van der Waals surface area contributed by atoms with Crippen molar-refractivity contribution < 1.29 is 40.6 Å². The Bertz CT molecular complexity index is 1740. The molecule has 4 rings (SSSR count). The molecule has 1 aliphatic rings. The maximum Gasteiger partial charge on any atom is 0.261 e. The molecule has 48 heavy (non-hydrogen) atoms. The highest BCUT2D eigenvalue weighted by Gasteiger charge is 2.32. The van der Waals surface area contributed by atoms with Crippen LogP contribution in [0.5, 0.6) is 5.75 Å². The lowest BCUT2D eigenvalue weighted by Gasteiger charge is -2.35. The van der Waals surface area contributed by atoms with Crippen LogP contribution in [0.1, 0.15) is 50.4 Å². The molecule has 0 aromatic heterocycles. The monoisotopic (exact) mass is 705 g/mol. The number of hydrogen-bond donors (Lipinski definition) is 2. The molecular formula is C34H44FN3O8S2. The molecule has 1 heterocycles. The summed E-state index contributed by atoms with van der Waals surface area (Å²) in [4.78, 5) is 15.8. The number of nitrogens with zero attached hydrogens (tertiary/aromatic N) is 2. The van der Waals surface area contributed by atoms with Crippen LogP contribution in [-0.2, 0) is 24.8 Å². The van der Waals surface area contributed by atoms with Gasteiger partial charge in [-0.3, -0.25) is 9.52 Å². The second-order valence-corrected chi connectivity index (χ2v) is 15.9. The Morgan fingerprint density at radius 2 is 1.69 bits per heavy atom. The van der Waals surface area contributed by atoms with E-state index in [1.165, 1.54) is 46.6 Å². The first-order valence-corrected chi connectivity index (χ1v) is 18.8. The Morgan fingerprint density at radius 3 is 2.35 bits per heavy atom. The summed E-state index contributed by atoms with van der Waals surface area (Å²) >= 11 is 0. The third-order valence-corrected chi connectivity index (χ3v) is 11.6. The molecule has 262 valence electrons. The fraction of sp³-hybridized carbons (Fsp3) is 0.441.